The zero-order valence-corrected chi connectivity index (χ0v) is 25.8. The van der Waals surface area contributed by atoms with Crippen molar-refractivity contribution in [3.8, 4) is 0 Å². The van der Waals surface area contributed by atoms with Crippen molar-refractivity contribution < 1.29 is 23.1 Å². The number of aryl methyl sites for hydroxylation is 2. The molecule has 1 saturated carbocycles. The van der Waals surface area contributed by atoms with Gasteiger partial charge < -0.3 is 15.4 Å². The highest BCUT2D eigenvalue weighted by atomic mass is 19.3. The van der Waals surface area contributed by atoms with Crippen LogP contribution in [0, 0.1) is 5.92 Å². The molecular weight excluding hydrogens is 584 g/mol. The molecule has 1 atom stereocenters. The number of anilines is 1. The van der Waals surface area contributed by atoms with E-state index in [9.17, 15) is 23.2 Å². The van der Waals surface area contributed by atoms with E-state index in [1.165, 1.54) is 4.57 Å². The van der Waals surface area contributed by atoms with Gasteiger partial charge in [-0.15, -0.1) is 0 Å². The number of fused-ring (bicyclic) bond motifs is 1. The number of benzene rings is 1. The molecule has 13 heteroatoms. The third kappa shape index (κ3) is 6.69. The first-order valence-electron chi connectivity index (χ1n) is 16.2. The van der Waals surface area contributed by atoms with Gasteiger partial charge in [0.2, 0.25) is 11.8 Å². The molecule has 3 N–H and O–H groups in total. The summed E-state index contributed by atoms with van der Waals surface area (Å²) in [5.74, 6) is -0.130. The summed E-state index contributed by atoms with van der Waals surface area (Å²) in [5, 5.41) is 6.41. The number of imidazole rings is 1. The van der Waals surface area contributed by atoms with Gasteiger partial charge in [-0.2, -0.15) is 5.10 Å². The maximum atomic E-state index is 13.2. The van der Waals surface area contributed by atoms with Crippen LogP contribution >= 0.6 is 0 Å². The first-order valence-corrected chi connectivity index (χ1v) is 16.2. The normalized spacial score (nSPS) is 23.7. The number of carbonyl (C=O) groups is 2. The Balaban J connectivity index is 0.939. The third-order valence-corrected chi connectivity index (χ3v) is 9.89. The first-order chi connectivity index (χ1) is 21.7. The van der Waals surface area contributed by atoms with E-state index in [2.05, 4.69) is 15.3 Å². The van der Waals surface area contributed by atoms with Crippen molar-refractivity contribution in [2.45, 2.75) is 88.8 Å². The number of nitrogens with one attached hydrogen (secondary N) is 1. The summed E-state index contributed by atoms with van der Waals surface area (Å²) in [6, 6.07) is 5.24. The van der Waals surface area contributed by atoms with Crippen LogP contribution in [0.2, 0.25) is 0 Å². The number of para-hydroxylation sites is 1. The number of hydrogen-bond donors (Lipinski definition) is 2. The molecule has 1 aromatic carbocycles. The van der Waals surface area contributed by atoms with Crippen molar-refractivity contribution in [2.24, 2.45) is 13.0 Å². The minimum atomic E-state index is -2.65. The number of aromatic nitrogens is 4. The first kappa shape index (κ1) is 31.4. The van der Waals surface area contributed by atoms with Crippen LogP contribution in [0.25, 0.3) is 11.0 Å². The standard InChI is InChI=1S/C32H43F2N7O4/c1-38-29-21(4-2-6-25(29)41(32(38)44)26-11-12-27(42)36-31(26)43)5-3-17-45-23-13-15-39(16-14-23)18-20-7-9-22(10-8-20)40-19-24(35)28(37-40)30(33)34/h2,4,6,19-20,22-23,26,30H,3,5,7-18,35H2,1H3,(H,36,42,43)/t20-,22-,26?. The molecule has 2 aliphatic heterocycles. The molecule has 0 spiro atoms. The predicted octanol–water partition coefficient (Wildman–Crippen LogP) is 3.88. The Kier molecular flexibility index (Phi) is 9.36. The number of nitrogens with zero attached hydrogens (tertiary/aromatic N) is 5. The number of halogens is 2. The minimum absolute atomic E-state index is 0.0725. The van der Waals surface area contributed by atoms with Gasteiger partial charge in [0.05, 0.1) is 28.9 Å². The van der Waals surface area contributed by atoms with Crippen LogP contribution in [-0.4, -0.2) is 68.0 Å². The van der Waals surface area contributed by atoms with Crippen LogP contribution in [0.1, 0.15) is 87.6 Å². The molecule has 2 saturated heterocycles. The molecule has 2 aromatic heterocycles. The fourth-order valence-corrected chi connectivity index (χ4v) is 7.46. The number of rotatable bonds is 10. The lowest BCUT2D eigenvalue weighted by Crippen LogP contribution is -2.44. The number of piperidine rings is 2. The topological polar surface area (TPSA) is 129 Å². The monoisotopic (exact) mass is 627 g/mol. The van der Waals surface area contributed by atoms with Crippen LogP contribution in [0.3, 0.4) is 0 Å². The molecule has 45 heavy (non-hydrogen) atoms. The smallest absolute Gasteiger partial charge is 0.329 e. The van der Waals surface area contributed by atoms with Gasteiger partial charge in [-0.05, 0) is 75.3 Å². The Morgan fingerprint density at radius 1 is 1.07 bits per heavy atom. The lowest BCUT2D eigenvalue weighted by Gasteiger charge is -2.36. The summed E-state index contributed by atoms with van der Waals surface area (Å²) in [6.45, 7) is 3.71. The van der Waals surface area contributed by atoms with Gasteiger partial charge in [0.15, 0.2) is 5.69 Å². The largest absolute Gasteiger partial charge is 0.396 e. The highest BCUT2D eigenvalue weighted by molar-refractivity contribution is 6.00. The number of ether oxygens (including phenoxy) is 1. The van der Waals surface area contributed by atoms with E-state index in [1.54, 1.807) is 22.5 Å². The molecule has 3 fully saturated rings. The van der Waals surface area contributed by atoms with Crippen LogP contribution in [-0.2, 0) is 27.8 Å². The molecule has 3 aromatic rings. The molecule has 1 aliphatic carbocycles. The van der Waals surface area contributed by atoms with Crippen molar-refractivity contribution in [1.82, 2.24) is 29.1 Å². The van der Waals surface area contributed by atoms with Crippen molar-refractivity contribution in [3.63, 3.8) is 0 Å². The zero-order valence-electron chi connectivity index (χ0n) is 25.8. The SMILES string of the molecule is Cn1c(=O)n(C2CCC(=O)NC2=O)c2cccc(CCCOC3CCN(C[C@H]4CC[C@H](n5cc(N)c(C(F)F)n5)CC4)CC3)c21. The average Bonchev–Trinajstić information content (AvgIpc) is 3.54. The van der Waals surface area contributed by atoms with Crippen molar-refractivity contribution >= 4 is 28.5 Å². The predicted molar refractivity (Wildman–Crippen MR) is 165 cm³/mol. The molecule has 11 nitrogen and oxygen atoms in total. The van der Waals surface area contributed by atoms with E-state index in [0.29, 0.717) is 24.5 Å². The van der Waals surface area contributed by atoms with Gasteiger partial charge in [-0.1, -0.05) is 12.1 Å². The van der Waals surface area contributed by atoms with E-state index >= 15 is 0 Å². The van der Waals surface area contributed by atoms with Gasteiger partial charge in [-0.3, -0.25) is 28.7 Å². The van der Waals surface area contributed by atoms with Crippen LogP contribution in [0.5, 0.6) is 0 Å². The van der Waals surface area contributed by atoms with Crippen LogP contribution < -0.4 is 16.7 Å². The van der Waals surface area contributed by atoms with E-state index in [-0.39, 0.29) is 41.5 Å². The van der Waals surface area contributed by atoms with E-state index < -0.39 is 18.4 Å². The van der Waals surface area contributed by atoms with E-state index in [1.807, 2.05) is 18.2 Å². The van der Waals surface area contributed by atoms with Crippen molar-refractivity contribution in [3.05, 3.63) is 46.1 Å². The Bertz CT molecular complexity index is 1580. The Labute approximate surface area is 260 Å². The van der Waals surface area contributed by atoms with Crippen molar-refractivity contribution in [2.75, 3.05) is 32.0 Å². The maximum Gasteiger partial charge on any atom is 0.329 e. The minimum Gasteiger partial charge on any atom is -0.396 e. The number of imide groups is 1. The molecule has 0 bridgehead atoms. The second-order valence-electron chi connectivity index (χ2n) is 12.9. The molecule has 1 unspecified atom stereocenters. The van der Waals surface area contributed by atoms with Gasteiger partial charge in [0, 0.05) is 45.9 Å². The highest BCUT2D eigenvalue weighted by Crippen LogP contribution is 2.35. The third-order valence-electron chi connectivity index (χ3n) is 9.89. The summed E-state index contributed by atoms with van der Waals surface area (Å²) in [6.07, 6.45) is 7.21. The number of nitrogen functional groups attached to an aromatic ring is 1. The second kappa shape index (κ2) is 13.4. The molecule has 0 radical (unpaired) electrons. The fourth-order valence-electron chi connectivity index (χ4n) is 7.46. The number of carbonyl (C=O) groups excluding carboxylic acids is 2. The number of likely N-dealkylation sites (tertiary alicyclic amines) is 1. The Morgan fingerprint density at radius 2 is 1.82 bits per heavy atom. The van der Waals surface area contributed by atoms with Crippen LogP contribution in [0.15, 0.2) is 29.2 Å². The lowest BCUT2D eigenvalue weighted by atomic mass is 9.85. The van der Waals surface area contributed by atoms with Crippen LogP contribution in [0.4, 0.5) is 14.5 Å². The molecule has 3 aliphatic rings. The number of amides is 2. The molecule has 244 valence electrons. The quantitative estimate of drug-likeness (QED) is 0.258. The summed E-state index contributed by atoms with van der Waals surface area (Å²) in [7, 11) is 1.73. The van der Waals surface area contributed by atoms with E-state index in [4.69, 9.17) is 10.5 Å². The van der Waals surface area contributed by atoms with Gasteiger partial charge >= 0.3 is 5.69 Å². The molecule has 2 amide bonds. The summed E-state index contributed by atoms with van der Waals surface area (Å²) >= 11 is 0. The highest BCUT2D eigenvalue weighted by Gasteiger charge is 2.32. The molecular formula is C32H43F2N7O4. The summed E-state index contributed by atoms with van der Waals surface area (Å²) < 4.78 is 37.2. The van der Waals surface area contributed by atoms with Gasteiger partial charge in [0.1, 0.15) is 6.04 Å². The Hall–Kier alpha value is -3.58. The average molecular weight is 628 g/mol. The van der Waals surface area contributed by atoms with E-state index in [0.717, 1.165) is 82.1 Å². The van der Waals surface area contributed by atoms with Gasteiger partial charge in [-0.25, -0.2) is 13.6 Å². The Morgan fingerprint density at radius 3 is 2.51 bits per heavy atom. The summed E-state index contributed by atoms with van der Waals surface area (Å²) in [4.78, 5) is 39.8. The number of alkyl halides is 2. The maximum absolute atomic E-state index is 13.2. The fraction of sp³-hybridized carbons (Fsp3) is 0.625. The second-order valence-corrected chi connectivity index (χ2v) is 12.9. The number of nitrogens with two attached hydrogens (primary N) is 1. The zero-order chi connectivity index (χ0) is 31.7. The van der Waals surface area contributed by atoms with Gasteiger partial charge in [0.25, 0.3) is 6.43 Å². The molecule has 4 heterocycles. The lowest BCUT2D eigenvalue weighted by molar-refractivity contribution is -0.135. The molecule has 6 rings (SSSR count). The van der Waals surface area contributed by atoms with Crippen molar-refractivity contribution in [1.29, 1.82) is 0 Å². The summed E-state index contributed by atoms with van der Waals surface area (Å²) in [5.41, 5.74) is 7.80. The number of hydrogen-bond acceptors (Lipinski definition) is 7.